The van der Waals surface area contributed by atoms with E-state index in [1.54, 1.807) is 24.5 Å². The Hall–Kier alpha value is -3.43. The summed E-state index contributed by atoms with van der Waals surface area (Å²) in [6.45, 7) is 3.50. The molecule has 0 radical (unpaired) electrons. The summed E-state index contributed by atoms with van der Waals surface area (Å²) in [5.74, 6) is -0.448. The van der Waals surface area contributed by atoms with Gasteiger partial charge in [0.05, 0.1) is 34.6 Å². The molecule has 1 aromatic carbocycles. The van der Waals surface area contributed by atoms with Crippen LogP contribution < -0.4 is 15.0 Å². The number of cyclic esters (lactones) is 1. The number of esters is 1. The number of carbonyl (C=O) groups excluding carboxylic acids is 1. The van der Waals surface area contributed by atoms with Crippen LogP contribution in [-0.4, -0.2) is 38.6 Å². The number of nitrogens with zero attached hydrogens (tertiary/aromatic N) is 2. The molecule has 33 heavy (non-hydrogen) atoms. The second-order valence-corrected chi connectivity index (χ2v) is 8.83. The number of rotatable bonds is 1. The maximum absolute atomic E-state index is 13.5. The van der Waals surface area contributed by atoms with Crippen LogP contribution in [0.5, 0.6) is 11.5 Å². The first-order valence-corrected chi connectivity index (χ1v) is 10.9. The van der Waals surface area contributed by atoms with Crippen molar-refractivity contribution in [3.63, 3.8) is 0 Å². The van der Waals surface area contributed by atoms with Crippen molar-refractivity contribution in [3.8, 4) is 22.9 Å². The van der Waals surface area contributed by atoms with Gasteiger partial charge in [-0.3, -0.25) is 4.79 Å². The Kier molecular flexibility index (Phi) is 4.15. The van der Waals surface area contributed by atoms with Crippen molar-refractivity contribution in [3.05, 3.63) is 51.3 Å². The Bertz CT molecular complexity index is 1410. The van der Waals surface area contributed by atoms with Crippen LogP contribution in [0.25, 0.3) is 22.3 Å². The van der Waals surface area contributed by atoms with Crippen molar-refractivity contribution in [2.75, 3.05) is 6.79 Å². The fraction of sp³-hybridized carbons (Fsp3) is 0.375. The number of aliphatic hydroxyl groups excluding tert-OH is 1. The molecule has 9 nitrogen and oxygen atoms in total. The minimum absolute atomic E-state index is 0.167. The number of pyridine rings is 2. The number of aromatic nitrogens is 2. The van der Waals surface area contributed by atoms with Gasteiger partial charge < -0.3 is 29.0 Å². The Balaban J connectivity index is 1.58. The smallest absolute Gasteiger partial charge is 0.335 e. The van der Waals surface area contributed by atoms with Crippen LogP contribution in [0.1, 0.15) is 37.0 Å². The summed E-state index contributed by atoms with van der Waals surface area (Å²) in [5.41, 5.74) is 1.43. The molecule has 170 valence electrons. The molecule has 0 fully saturated rings. The van der Waals surface area contributed by atoms with E-state index in [2.05, 4.69) is 0 Å². The van der Waals surface area contributed by atoms with Crippen molar-refractivity contribution >= 4 is 16.9 Å². The van der Waals surface area contributed by atoms with Crippen molar-refractivity contribution in [2.24, 2.45) is 5.92 Å². The minimum atomic E-state index is -1.59. The zero-order valence-corrected chi connectivity index (χ0v) is 18.1. The Morgan fingerprint density at radius 3 is 2.67 bits per heavy atom. The number of hydrogen-bond acceptors (Lipinski definition) is 8. The summed E-state index contributed by atoms with van der Waals surface area (Å²) in [7, 11) is 0. The Morgan fingerprint density at radius 2 is 1.91 bits per heavy atom. The molecular formula is C24H22N2O7. The van der Waals surface area contributed by atoms with Crippen molar-refractivity contribution in [2.45, 2.75) is 45.1 Å². The SMILES string of the molecule is CCC1(O)c2cc3n(c(=O)c2COC(=O)C(O)C1C)Cc1cc2cc4c(cc2nc1-3)OCO4. The van der Waals surface area contributed by atoms with Crippen LogP contribution in [-0.2, 0) is 28.3 Å². The van der Waals surface area contributed by atoms with Gasteiger partial charge in [-0.1, -0.05) is 13.8 Å². The Labute approximate surface area is 188 Å². The van der Waals surface area contributed by atoms with Crippen LogP contribution in [0.4, 0.5) is 0 Å². The highest BCUT2D eigenvalue weighted by Gasteiger charge is 2.46. The van der Waals surface area contributed by atoms with Crippen LogP contribution >= 0.6 is 0 Å². The molecule has 3 aliphatic heterocycles. The van der Waals surface area contributed by atoms with Crippen LogP contribution in [0.2, 0.25) is 0 Å². The first-order chi connectivity index (χ1) is 15.8. The molecule has 0 saturated carbocycles. The molecule has 0 saturated heterocycles. The van der Waals surface area contributed by atoms with Gasteiger partial charge in [0.2, 0.25) is 6.79 Å². The first kappa shape index (κ1) is 20.2. The normalized spacial score (nSPS) is 25.2. The topological polar surface area (TPSA) is 120 Å². The average molecular weight is 450 g/mol. The maximum Gasteiger partial charge on any atom is 0.335 e. The van der Waals surface area contributed by atoms with Gasteiger partial charge in [-0.2, -0.15) is 0 Å². The maximum atomic E-state index is 13.5. The predicted octanol–water partition coefficient (Wildman–Crippen LogP) is 1.81. The third-order valence-electron chi connectivity index (χ3n) is 7.19. The van der Waals surface area contributed by atoms with E-state index in [-0.39, 0.29) is 30.9 Å². The van der Waals surface area contributed by atoms with Gasteiger partial charge in [-0.15, -0.1) is 0 Å². The lowest BCUT2D eigenvalue weighted by atomic mass is 9.75. The summed E-state index contributed by atoms with van der Waals surface area (Å²) in [6, 6.07) is 7.41. The minimum Gasteiger partial charge on any atom is -0.459 e. The van der Waals surface area contributed by atoms with Crippen LogP contribution in [0, 0.1) is 5.92 Å². The molecular weight excluding hydrogens is 428 g/mol. The summed E-state index contributed by atoms with van der Waals surface area (Å²) in [4.78, 5) is 30.5. The van der Waals surface area contributed by atoms with Crippen LogP contribution in [0.3, 0.4) is 0 Å². The van der Waals surface area contributed by atoms with Gasteiger partial charge >= 0.3 is 5.97 Å². The molecule has 3 aliphatic rings. The van der Waals surface area contributed by atoms with E-state index in [1.807, 2.05) is 18.2 Å². The molecule has 0 bridgehead atoms. The van der Waals surface area contributed by atoms with E-state index in [9.17, 15) is 19.8 Å². The van der Waals surface area contributed by atoms with Gasteiger partial charge in [0.25, 0.3) is 5.56 Å². The second-order valence-electron chi connectivity index (χ2n) is 8.83. The van der Waals surface area contributed by atoms with Gasteiger partial charge in [-0.05, 0) is 30.2 Å². The molecule has 0 aliphatic carbocycles. The molecule has 9 heteroatoms. The Morgan fingerprint density at radius 1 is 1.15 bits per heavy atom. The largest absolute Gasteiger partial charge is 0.459 e. The highest BCUT2D eigenvalue weighted by molar-refractivity contribution is 5.87. The summed E-state index contributed by atoms with van der Waals surface area (Å²) in [5, 5.41) is 22.9. The van der Waals surface area contributed by atoms with E-state index in [0.29, 0.717) is 40.5 Å². The number of aliphatic hydroxyl groups is 2. The average Bonchev–Trinajstić information content (AvgIpc) is 3.42. The molecule has 0 spiro atoms. The summed E-state index contributed by atoms with van der Waals surface area (Å²) in [6.07, 6.45) is -1.30. The zero-order chi connectivity index (χ0) is 23.1. The first-order valence-electron chi connectivity index (χ1n) is 10.9. The number of benzene rings is 1. The standard InChI is InChI=1S/C24H22N2O7/c1-3-24(30)11(2)21(27)23(29)31-9-14-15(24)6-17-20-13(8-26(17)22(14)28)4-12-5-18-19(33-10-32-18)7-16(12)25-20/h4-7,11,21,27,30H,3,8-10H2,1-2H3. The van der Waals surface area contributed by atoms with E-state index >= 15 is 0 Å². The van der Waals surface area contributed by atoms with Crippen molar-refractivity contribution < 1.29 is 29.2 Å². The molecule has 0 amide bonds. The molecule has 2 aromatic heterocycles. The number of hydrogen-bond donors (Lipinski definition) is 2. The lowest BCUT2D eigenvalue weighted by molar-refractivity contribution is -0.168. The van der Waals surface area contributed by atoms with E-state index in [0.717, 1.165) is 10.9 Å². The highest BCUT2D eigenvalue weighted by atomic mass is 16.7. The van der Waals surface area contributed by atoms with Crippen molar-refractivity contribution in [1.82, 2.24) is 9.55 Å². The third-order valence-corrected chi connectivity index (χ3v) is 7.19. The fourth-order valence-corrected chi connectivity index (χ4v) is 5.14. The van der Waals surface area contributed by atoms with Gasteiger partial charge in [-0.25, -0.2) is 9.78 Å². The molecule has 2 N–H and O–H groups in total. The van der Waals surface area contributed by atoms with Crippen LogP contribution in [0.15, 0.2) is 29.1 Å². The number of fused-ring (bicyclic) bond motifs is 6. The molecule has 3 atom stereocenters. The van der Waals surface area contributed by atoms with Gasteiger partial charge in [0.15, 0.2) is 17.6 Å². The highest BCUT2D eigenvalue weighted by Crippen LogP contribution is 2.42. The lowest BCUT2D eigenvalue weighted by Crippen LogP contribution is -2.47. The molecule has 5 heterocycles. The summed E-state index contributed by atoms with van der Waals surface area (Å²) >= 11 is 0. The summed E-state index contributed by atoms with van der Waals surface area (Å²) < 4.78 is 17.7. The fourth-order valence-electron chi connectivity index (χ4n) is 5.14. The third kappa shape index (κ3) is 2.69. The molecule has 3 aromatic rings. The predicted molar refractivity (Wildman–Crippen MR) is 116 cm³/mol. The quantitative estimate of drug-likeness (QED) is 0.422. The zero-order valence-electron chi connectivity index (χ0n) is 18.1. The van der Waals surface area contributed by atoms with E-state index in [4.69, 9.17) is 19.2 Å². The van der Waals surface area contributed by atoms with E-state index in [1.165, 1.54) is 0 Å². The van der Waals surface area contributed by atoms with Crippen molar-refractivity contribution in [1.29, 1.82) is 0 Å². The number of carbonyl (C=O) groups is 1. The monoisotopic (exact) mass is 450 g/mol. The molecule has 6 rings (SSSR count). The van der Waals surface area contributed by atoms with Gasteiger partial charge in [0.1, 0.15) is 6.61 Å². The second kappa shape index (κ2) is 6.79. The van der Waals surface area contributed by atoms with E-state index < -0.39 is 23.6 Å². The van der Waals surface area contributed by atoms with Gasteiger partial charge in [0, 0.05) is 22.9 Å². The lowest BCUT2D eigenvalue weighted by Gasteiger charge is -2.38. The number of ether oxygens (including phenoxy) is 3. The molecule has 3 unspecified atom stereocenters.